The molecule has 0 aliphatic rings. The van der Waals surface area contributed by atoms with Gasteiger partial charge in [0.2, 0.25) is 0 Å². The molecule has 1 nitrogen and oxygen atoms in total. The number of rotatable bonds is 5. The molecular formula is C11H25N. The zero-order chi connectivity index (χ0) is 9.61. The first-order chi connectivity index (χ1) is 5.45. The summed E-state index contributed by atoms with van der Waals surface area (Å²) in [6.07, 6.45) is 4.04. The summed E-state index contributed by atoms with van der Waals surface area (Å²) < 4.78 is 0. The second-order valence-corrected chi connectivity index (χ2v) is 5.01. The van der Waals surface area contributed by atoms with Gasteiger partial charge in [0.1, 0.15) is 0 Å². The van der Waals surface area contributed by atoms with E-state index in [2.05, 4.69) is 39.6 Å². The average molecular weight is 171 g/mol. The third-order valence-electron chi connectivity index (χ3n) is 1.89. The van der Waals surface area contributed by atoms with Crippen LogP contribution in [0.4, 0.5) is 0 Å². The molecule has 0 amide bonds. The predicted molar refractivity (Wildman–Crippen MR) is 56.5 cm³/mol. The van der Waals surface area contributed by atoms with E-state index in [0.717, 1.165) is 0 Å². The van der Waals surface area contributed by atoms with Crippen molar-refractivity contribution in [1.29, 1.82) is 0 Å². The second-order valence-electron chi connectivity index (χ2n) is 5.01. The fraction of sp³-hybridized carbons (Fsp3) is 1.00. The van der Waals surface area contributed by atoms with Crippen LogP contribution >= 0.6 is 0 Å². The zero-order valence-electron chi connectivity index (χ0n) is 9.48. The monoisotopic (exact) mass is 171 g/mol. The fourth-order valence-electron chi connectivity index (χ4n) is 1.52. The first-order valence-electron chi connectivity index (χ1n) is 5.14. The van der Waals surface area contributed by atoms with Crippen molar-refractivity contribution in [1.82, 2.24) is 4.90 Å². The molecule has 0 aromatic rings. The van der Waals surface area contributed by atoms with Gasteiger partial charge in [-0.25, -0.2) is 0 Å². The molecule has 0 fully saturated rings. The molecule has 0 rings (SSSR count). The second kappa shape index (κ2) is 5.58. The van der Waals surface area contributed by atoms with Crippen LogP contribution in [0.3, 0.4) is 0 Å². The van der Waals surface area contributed by atoms with Crippen molar-refractivity contribution in [2.75, 3.05) is 20.1 Å². The Labute approximate surface area is 78.1 Å². The molecule has 1 heteroatoms. The van der Waals surface area contributed by atoms with Crippen LogP contribution in [0.1, 0.15) is 47.0 Å². The number of hydrogen-bond donors (Lipinski definition) is 0. The summed E-state index contributed by atoms with van der Waals surface area (Å²) in [6.45, 7) is 11.6. The van der Waals surface area contributed by atoms with Crippen molar-refractivity contribution in [2.45, 2.75) is 47.0 Å². The van der Waals surface area contributed by atoms with E-state index >= 15 is 0 Å². The minimum atomic E-state index is 0.445. The van der Waals surface area contributed by atoms with Crippen LogP contribution in [0.5, 0.6) is 0 Å². The first-order valence-corrected chi connectivity index (χ1v) is 5.14. The smallest absolute Gasteiger partial charge is 0.00270 e. The van der Waals surface area contributed by atoms with E-state index in [9.17, 15) is 0 Å². The molecule has 0 bridgehead atoms. The van der Waals surface area contributed by atoms with E-state index in [-0.39, 0.29) is 0 Å². The number of unbranched alkanes of at least 4 members (excludes halogenated alkanes) is 2. The van der Waals surface area contributed by atoms with Crippen LogP contribution < -0.4 is 0 Å². The summed E-state index contributed by atoms with van der Waals surface area (Å²) in [5.41, 5.74) is 0.445. The van der Waals surface area contributed by atoms with Gasteiger partial charge in [0.25, 0.3) is 0 Å². The lowest BCUT2D eigenvalue weighted by Gasteiger charge is -2.26. The number of nitrogens with zero attached hydrogens (tertiary/aromatic N) is 1. The Hall–Kier alpha value is -0.0400. The van der Waals surface area contributed by atoms with Gasteiger partial charge in [-0.1, -0.05) is 40.5 Å². The molecule has 0 aliphatic carbocycles. The van der Waals surface area contributed by atoms with Crippen molar-refractivity contribution in [2.24, 2.45) is 5.41 Å². The minimum Gasteiger partial charge on any atom is -0.306 e. The largest absolute Gasteiger partial charge is 0.306 e. The van der Waals surface area contributed by atoms with E-state index in [0.29, 0.717) is 5.41 Å². The van der Waals surface area contributed by atoms with Crippen LogP contribution in [0.25, 0.3) is 0 Å². The molecule has 74 valence electrons. The third-order valence-corrected chi connectivity index (χ3v) is 1.89. The Kier molecular flexibility index (Phi) is 5.56. The highest BCUT2D eigenvalue weighted by molar-refractivity contribution is 4.66. The normalized spacial score (nSPS) is 12.5. The van der Waals surface area contributed by atoms with Crippen molar-refractivity contribution in [3.8, 4) is 0 Å². The van der Waals surface area contributed by atoms with Gasteiger partial charge in [0, 0.05) is 6.54 Å². The summed E-state index contributed by atoms with van der Waals surface area (Å²) in [6, 6.07) is 0. The molecule has 0 aromatic carbocycles. The van der Waals surface area contributed by atoms with Gasteiger partial charge in [-0.05, 0) is 25.4 Å². The van der Waals surface area contributed by atoms with E-state index < -0.39 is 0 Å². The molecular weight excluding hydrogens is 146 g/mol. The van der Waals surface area contributed by atoms with Crippen molar-refractivity contribution in [3.05, 3.63) is 0 Å². The summed E-state index contributed by atoms with van der Waals surface area (Å²) in [4.78, 5) is 2.44. The maximum Gasteiger partial charge on any atom is 0.00270 e. The van der Waals surface area contributed by atoms with Crippen LogP contribution in [-0.2, 0) is 0 Å². The summed E-state index contributed by atoms with van der Waals surface area (Å²) in [5, 5.41) is 0. The Morgan fingerprint density at radius 1 is 1.08 bits per heavy atom. The molecule has 0 saturated carbocycles. The Balaban J connectivity index is 3.40. The molecule has 0 unspecified atom stereocenters. The Bertz CT molecular complexity index is 102. The maximum atomic E-state index is 2.44. The summed E-state index contributed by atoms with van der Waals surface area (Å²) in [5.74, 6) is 0. The van der Waals surface area contributed by atoms with Crippen LogP contribution in [-0.4, -0.2) is 25.0 Å². The average Bonchev–Trinajstić information content (AvgIpc) is 1.84. The van der Waals surface area contributed by atoms with Gasteiger partial charge in [-0.2, -0.15) is 0 Å². The Morgan fingerprint density at radius 3 is 2.08 bits per heavy atom. The van der Waals surface area contributed by atoms with Crippen LogP contribution in [0, 0.1) is 5.41 Å². The number of hydrogen-bond acceptors (Lipinski definition) is 1. The van der Waals surface area contributed by atoms with Crippen molar-refractivity contribution in [3.63, 3.8) is 0 Å². The lowest BCUT2D eigenvalue weighted by atomic mass is 9.96. The van der Waals surface area contributed by atoms with E-state index in [1.165, 1.54) is 32.4 Å². The highest BCUT2D eigenvalue weighted by Gasteiger charge is 2.12. The van der Waals surface area contributed by atoms with Crippen LogP contribution in [0.2, 0.25) is 0 Å². The zero-order valence-corrected chi connectivity index (χ0v) is 9.48. The summed E-state index contributed by atoms with van der Waals surface area (Å²) in [7, 11) is 2.22. The molecule has 0 aliphatic heterocycles. The standard InChI is InChI=1S/C11H25N/c1-6-7-8-9-12(5)10-11(2,3)4/h6-10H2,1-5H3. The molecule has 0 N–H and O–H groups in total. The predicted octanol–water partition coefficient (Wildman–Crippen LogP) is 3.15. The highest BCUT2D eigenvalue weighted by atomic mass is 15.1. The quantitative estimate of drug-likeness (QED) is 0.574. The molecule has 0 saturated heterocycles. The van der Waals surface area contributed by atoms with Gasteiger partial charge in [-0.15, -0.1) is 0 Å². The molecule has 0 heterocycles. The minimum absolute atomic E-state index is 0.445. The van der Waals surface area contributed by atoms with E-state index in [4.69, 9.17) is 0 Å². The SMILES string of the molecule is CCCCCN(C)CC(C)(C)C. The molecule has 0 aromatic heterocycles. The van der Waals surface area contributed by atoms with Gasteiger partial charge in [0.05, 0.1) is 0 Å². The van der Waals surface area contributed by atoms with Crippen LogP contribution in [0.15, 0.2) is 0 Å². The maximum absolute atomic E-state index is 2.44. The van der Waals surface area contributed by atoms with Crippen molar-refractivity contribution >= 4 is 0 Å². The summed E-state index contributed by atoms with van der Waals surface area (Å²) >= 11 is 0. The van der Waals surface area contributed by atoms with E-state index in [1.54, 1.807) is 0 Å². The fourth-order valence-corrected chi connectivity index (χ4v) is 1.52. The van der Waals surface area contributed by atoms with Gasteiger partial charge >= 0.3 is 0 Å². The molecule has 12 heavy (non-hydrogen) atoms. The van der Waals surface area contributed by atoms with E-state index in [1.807, 2.05) is 0 Å². The molecule has 0 atom stereocenters. The topological polar surface area (TPSA) is 3.24 Å². The highest BCUT2D eigenvalue weighted by Crippen LogP contribution is 2.14. The van der Waals surface area contributed by atoms with Crippen molar-refractivity contribution < 1.29 is 0 Å². The molecule has 0 radical (unpaired) electrons. The Morgan fingerprint density at radius 2 is 1.67 bits per heavy atom. The lowest BCUT2D eigenvalue weighted by molar-refractivity contribution is 0.224. The third kappa shape index (κ3) is 8.06. The first kappa shape index (κ1) is 12.0. The molecule has 0 spiro atoms. The van der Waals surface area contributed by atoms with Gasteiger partial charge in [0.15, 0.2) is 0 Å². The van der Waals surface area contributed by atoms with Gasteiger partial charge < -0.3 is 4.90 Å². The van der Waals surface area contributed by atoms with Gasteiger partial charge in [-0.3, -0.25) is 0 Å². The lowest BCUT2D eigenvalue weighted by Crippen LogP contribution is -2.30.